The molecule has 0 saturated heterocycles. The highest BCUT2D eigenvalue weighted by molar-refractivity contribution is 6.00. The summed E-state index contributed by atoms with van der Waals surface area (Å²) in [6.45, 7) is 2.45. The topological polar surface area (TPSA) is 80.8 Å². The van der Waals surface area contributed by atoms with E-state index in [9.17, 15) is 10.2 Å². The molecule has 6 nitrogen and oxygen atoms in total. The molecule has 1 aliphatic heterocycles. The number of rotatable bonds is 7. The smallest absolute Gasteiger partial charge is 0.131 e. The average Bonchev–Trinajstić information content (AvgIpc) is 3.37. The molecule has 36 heavy (non-hydrogen) atoms. The van der Waals surface area contributed by atoms with Crippen LogP contribution in [0.4, 0.5) is 11.4 Å². The second-order valence-corrected chi connectivity index (χ2v) is 8.54. The Labute approximate surface area is 210 Å². The van der Waals surface area contributed by atoms with Crippen LogP contribution < -0.4 is 0 Å². The fourth-order valence-corrected chi connectivity index (χ4v) is 3.93. The Balaban J connectivity index is 1.21. The van der Waals surface area contributed by atoms with Gasteiger partial charge in [0.25, 0.3) is 0 Å². The van der Waals surface area contributed by atoms with Crippen molar-refractivity contribution in [3.05, 3.63) is 119 Å². The van der Waals surface area contributed by atoms with Crippen LogP contribution in [0, 0.1) is 0 Å². The first kappa shape index (κ1) is 23.1. The Kier molecular flexibility index (Phi) is 6.85. The van der Waals surface area contributed by atoms with Crippen molar-refractivity contribution >= 4 is 29.6 Å². The first-order chi connectivity index (χ1) is 17.6. The van der Waals surface area contributed by atoms with E-state index in [0.717, 1.165) is 53.5 Å². The molecule has 0 amide bonds. The zero-order valence-corrected chi connectivity index (χ0v) is 19.7. The van der Waals surface area contributed by atoms with Gasteiger partial charge in [0.2, 0.25) is 0 Å². The highest BCUT2D eigenvalue weighted by atomic mass is 16.3. The van der Waals surface area contributed by atoms with E-state index in [1.54, 1.807) is 36.7 Å². The van der Waals surface area contributed by atoms with E-state index in [-0.39, 0.29) is 11.5 Å². The summed E-state index contributed by atoms with van der Waals surface area (Å²) in [4.78, 5) is 16.1. The molecule has 0 bridgehead atoms. The molecule has 0 fully saturated rings. The molecule has 0 radical (unpaired) electrons. The lowest BCUT2D eigenvalue weighted by Crippen LogP contribution is -2.27. The van der Waals surface area contributed by atoms with Crippen molar-refractivity contribution in [2.24, 2.45) is 15.0 Å². The second kappa shape index (κ2) is 10.7. The molecule has 2 N–H and O–H groups in total. The van der Waals surface area contributed by atoms with Gasteiger partial charge in [0.1, 0.15) is 17.3 Å². The predicted octanol–water partition coefficient (Wildman–Crippen LogP) is 5.86. The Morgan fingerprint density at radius 1 is 0.667 bits per heavy atom. The van der Waals surface area contributed by atoms with E-state index < -0.39 is 0 Å². The van der Waals surface area contributed by atoms with Crippen LogP contribution in [0.25, 0.3) is 0 Å². The lowest BCUT2D eigenvalue weighted by atomic mass is 10.1. The molecule has 4 aromatic rings. The number of aliphatic imine (C=N–C) groups is 3. The SMILES string of the molecule is Oc1ccc(C=Nc2ccc(CN3CCN=C3c3ccc(N=Cc4ccc(O)cc4)cc3)cc2)cc1. The zero-order chi connectivity index (χ0) is 24.7. The maximum absolute atomic E-state index is 9.40. The van der Waals surface area contributed by atoms with Gasteiger partial charge < -0.3 is 15.1 Å². The fraction of sp³-hybridized carbons (Fsp3) is 0.100. The standard InChI is InChI=1S/C30H26N4O2/c35-28-13-3-22(4-14-28)19-32-26-9-1-24(2-10-26)21-34-18-17-31-30(34)25-7-11-27(12-8-25)33-20-23-5-15-29(36)16-6-23/h1-16,19-20,35-36H,17-18,21H2. The van der Waals surface area contributed by atoms with Gasteiger partial charge in [-0.2, -0.15) is 0 Å². The first-order valence-corrected chi connectivity index (χ1v) is 11.8. The van der Waals surface area contributed by atoms with Gasteiger partial charge in [0.15, 0.2) is 0 Å². The fourth-order valence-electron chi connectivity index (χ4n) is 3.93. The molecular formula is C30H26N4O2. The van der Waals surface area contributed by atoms with E-state index in [2.05, 4.69) is 39.2 Å². The Hall–Kier alpha value is -4.71. The van der Waals surface area contributed by atoms with Gasteiger partial charge >= 0.3 is 0 Å². The number of hydrogen-bond donors (Lipinski definition) is 2. The molecule has 178 valence electrons. The van der Waals surface area contributed by atoms with Crippen molar-refractivity contribution in [1.82, 2.24) is 4.90 Å². The van der Waals surface area contributed by atoms with Gasteiger partial charge in [0, 0.05) is 31.1 Å². The van der Waals surface area contributed by atoms with Crippen molar-refractivity contribution in [3.8, 4) is 11.5 Å². The Bertz CT molecular complexity index is 1390. The molecule has 0 saturated carbocycles. The minimum atomic E-state index is 0.244. The summed E-state index contributed by atoms with van der Waals surface area (Å²) in [6, 6.07) is 30.2. The van der Waals surface area contributed by atoms with Gasteiger partial charge in [-0.05, 0) is 102 Å². The summed E-state index contributed by atoms with van der Waals surface area (Å²) in [6.07, 6.45) is 3.57. The van der Waals surface area contributed by atoms with Crippen LogP contribution in [0.3, 0.4) is 0 Å². The number of phenols is 2. The molecule has 0 spiro atoms. The number of nitrogens with zero attached hydrogens (tertiary/aromatic N) is 4. The van der Waals surface area contributed by atoms with Crippen molar-refractivity contribution in [1.29, 1.82) is 0 Å². The zero-order valence-electron chi connectivity index (χ0n) is 19.7. The molecule has 4 aromatic carbocycles. The third-order valence-electron chi connectivity index (χ3n) is 5.88. The predicted molar refractivity (Wildman–Crippen MR) is 145 cm³/mol. The molecule has 5 rings (SSSR count). The lowest BCUT2D eigenvalue weighted by molar-refractivity contribution is 0.453. The molecule has 6 heteroatoms. The molecule has 1 heterocycles. The quantitative estimate of drug-likeness (QED) is 0.329. The van der Waals surface area contributed by atoms with Crippen molar-refractivity contribution in [2.75, 3.05) is 13.1 Å². The second-order valence-electron chi connectivity index (χ2n) is 8.54. The number of aromatic hydroxyl groups is 2. The van der Waals surface area contributed by atoms with E-state index in [4.69, 9.17) is 4.99 Å². The van der Waals surface area contributed by atoms with Crippen LogP contribution in [0.5, 0.6) is 11.5 Å². The maximum Gasteiger partial charge on any atom is 0.131 e. The molecule has 0 aliphatic carbocycles. The highest BCUT2D eigenvalue weighted by Crippen LogP contribution is 2.21. The van der Waals surface area contributed by atoms with Crippen LogP contribution in [0.15, 0.2) is 112 Å². The van der Waals surface area contributed by atoms with E-state index >= 15 is 0 Å². The van der Waals surface area contributed by atoms with E-state index in [1.165, 1.54) is 5.56 Å². The van der Waals surface area contributed by atoms with Gasteiger partial charge in [-0.3, -0.25) is 15.0 Å². The highest BCUT2D eigenvalue weighted by Gasteiger charge is 2.18. The van der Waals surface area contributed by atoms with E-state index in [0.29, 0.717) is 0 Å². The minimum absolute atomic E-state index is 0.244. The van der Waals surface area contributed by atoms with Gasteiger partial charge in [-0.25, -0.2) is 0 Å². The van der Waals surface area contributed by atoms with Crippen LogP contribution in [-0.4, -0.2) is 46.5 Å². The van der Waals surface area contributed by atoms with Crippen LogP contribution in [0.2, 0.25) is 0 Å². The number of hydrogen-bond acceptors (Lipinski definition) is 6. The van der Waals surface area contributed by atoms with Crippen LogP contribution >= 0.6 is 0 Å². The van der Waals surface area contributed by atoms with Gasteiger partial charge in [0.05, 0.1) is 17.9 Å². The summed E-state index contributed by atoms with van der Waals surface area (Å²) >= 11 is 0. The Morgan fingerprint density at radius 2 is 1.17 bits per heavy atom. The number of amidine groups is 1. The summed E-state index contributed by atoms with van der Waals surface area (Å²) in [5, 5.41) is 18.8. The third kappa shape index (κ3) is 5.85. The largest absolute Gasteiger partial charge is 0.508 e. The number of benzene rings is 4. The summed E-state index contributed by atoms with van der Waals surface area (Å²) in [7, 11) is 0. The van der Waals surface area contributed by atoms with Crippen molar-refractivity contribution in [3.63, 3.8) is 0 Å². The lowest BCUT2D eigenvalue weighted by Gasteiger charge is -2.20. The molecule has 0 unspecified atom stereocenters. The Morgan fingerprint density at radius 3 is 1.69 bits per heavy atom. The monoisotopic (exact) mass is 474 g/mol. The van der Waals surface area contributed by atoms with E-state index in [1.807, 2.05) is 48.5 Å². The van der Waals surface area contributed by atoms with Crippen LogP contribution in [0.1, 0.15) is 22.3 Å². The van der Waals surface area contributed by atoms with Crippen molar-refractivity contribution < 1.29 is 10.2 Å². The maximum atomic E-state index is 9.40. The molecule has 0 atom stereocenters. The summed E-state index contributed by atoms with van der Waals surface area (Å²) in [5.41, 5.74) is 5.88. The van der Waals surface area contributed by atoms with Crippen LogP contribution in [-0.2, 0) is 6.54 Å². The first-order valence-electron chi connectivity index (χ1n) is 11.8. The normalized spacial score (nSPS) is 13.6. The average molecular weight is 475 g/mol. The molecular weight excluding hydrogens is 448 g/mol. The summed E-state index contributed by atoms with van der Waals surface area (Å²) in [5.74, 6) is 1.49. The minimum Gasteiger partial charge on any atom is -0.508 e. The molecule has 0 aromatic heterocycles. The van der Waals surface area contributed by atoms with Gasteiger partial charge in [-0.15, -0.1) is 0 Å². The summed E-state index contributed by atoms with van der Waals surface area (Å²) < 4.78 is 0. The van der Waals surface area contributed by atoms with Crippen molar-refractivity contribution in [2.45, 2.75) is 6.54 Å². The molecule has 1 aliphatic rings. The van der Waals surface area contributed by atoms with Gasteiger partial charge in [-0.1, -0.05) is 12.1 Å². The third-order valence-corrected chi connectivity index (χ3v) is 5.88. The number of phenolic OH excluding ortho intramolecular Hbond substituents is 2.